The van der Waals surface area contributed by atoms with E-state index in [-0.39, 0.29) is 10.8 Å². The molecule has 0 heterocycles. The number of rotatable bonds is 2. The number of hydrogen-bond donors (Lipinski definition) is 2. The molecule has 2 N–H and O–H groups in total. The van der Waals surface area contributed by atoms with Gasteiger partial charge in [0.2, 0.25) is 0 Å². The second-order valence-corrected chi connectivity index (χ2v) is 10.4. The van der Waals surface area contributed by atoms with Crippen molar-refractivity contribution >= 4 is 0 Å². The summed E-state index contributed by atoms with van der Waals surface area (Å²) in [6.45, 7) is 16.8. The molecule has 2 heteroatoms. The van der Waals surface area contributed by atoms with Crippen LogP contribution >= 0.6 is 0 Å². The molecule has 0 spiro atoms. The Labute approximate surface area is 181 Å². The highest BCUT2D eigenvalue weighted by Crippen LogP contribution is 2.40. The molecule has 158 valence electrons. The maximum absolute atomic E-state index is 10.5. The lowest BCUT2D eigenvalue weighted by atomic mass is 9.82. The van der Waals surface area contributed by atoms with Gasteiger partial charge in [-0.05, 0) is 99.5 Å². The van der Waals surface area contributed by atoms with Crippen LogP contribution in [0.2, 0.25) is 0 Å². The van der Waals surface area contributed by atoms with Crippen molar-refractivity contribution in [2.45, 2.75) is 66.2 Å². The molecule has 0 aliphatic heterocycles. The van der Waals surface area contributed by atoms with E-state index in [1.54, 1.807) is 0 Å². The lowest BCUT2D eigenvalue weighted by Gasteiger charge is -2.23. The molecule has 0 amide bonds. The molecule has 3 aromatic carbocycles. The zero-order chi connectivity index (χ0) is 22.4. The standard InChI is InChI=1S/C28H34O2/c1-17-12-25(29)23(27(3,4)5)15-21(17)19-10-9-11-20(14-19)22-16-24(28(6,7)8)26(30)13-18(22)2/h9-16,29-30H,1-8H3. The van der Waals surface area contributed by atoms with Crippen molar-refractivity contribution in [1.82, 2.24) is 0 Å². The minimum Gasteiger partial charge on any atom is -0.508 e. The van der Waals surface area contributed by atoms with Crippen molar-refractivity contribution in [3.8, 4) is 33.8 Å². The first-order valence-corrected chi connectivity index (χ1v) is 10.6. The average Bonchev–Trinajstić information content (AvgIpc) is 2.59. The molecule has 2 nitrogen and oxygen atoms in total. The molecule has 0 radical (unpaired) electrons. The third kappa shape index (κ3) is 4.23. The average molecular weight is 403 g/mol. The first-order chi connectivity index (χ1) is 13.8. The number of phenols is 2. The molecule has 0 fully saturated rings. The number of aryl methyl sites for hydroxylation is 2. The van der Waals surface area contributed by atoms with Gasteiger partial charge in [0.1, 0.15) is 11.5 Å². The fraction of sp³-hybridized carbons (Fsp3) is 0.357. The number of benzene rings is 3. The summed E-state index contributed by atoms with van der Waals surface area (Å²) in [4.78, 5) is 0. The number of phenolic OH excluding ortho intramolecular Hbond substituents is 2. The normalized spacial score (nSPS) is 12.3. The van der Waals surface area contributed by atoms with Crippen molar-refractivity contribution in [3.05, 3.63) is 70.8 Å². The van der Waals surface area contributed by atoms with Gasteiger partial charge in [-0.3, -0.25) is 0 Å². The highest BCUT2D eigenvalue weighted by atomic mass is 16.3. The van der Waals surface area contributed by atoms with Gasteiger partial charge in [-0.25, -0.2) is 0 Å². The number of hydrogen-bond acceptors (Lipinski definition) is 2. The van der Waals surface area contributed by atoms with Gasteiger partial charge in [-0.2, -0.15) is 0 Å². The zero-order valence-electron chi connectivity index (χ0n) is 19.5. The smallest absolute Gasteiger partial charge is 0.119 e. The van der Waals surface area contributed by atoms with Crippen LogP contribution in [0, 0.1) is 13.8 Å². The van der Waals surface area contributed by atoms with E-state index in [2.05, 4.69) is 77.9 Å². The van der Waals surface area contributed by atoms with Crippen LogP contribution in [-0.4, -0.2) is 10.2 Å². The van der Waals surface area contributed by atoms with Gasteiger partial charge in [-0.15, -0.1) is 0 Å². The monoisotopic (exact) mass is 402 g/mol. The summed E-state index contributed by atoms with van der Waals surface area (Å²) in [5.41, 5.74) is 8.23. The van der Waals surface area contributed by atoms with Crippen LogP contribution in [0.25, 0.3) is 22.3 Å². The molecule has 0 atom stereocenters. The molecule has 3 aromatic rings. The molecule has 0 bridgehead atoms. The summed E-state index contributed by atoms with van der Waals surface area (Å²) in [5, 5.41) is 21.0. The SMILES string of the molecule is Cc1cc(O)c(C(C)(C)C)cc1-c1cccc(-c2cc(C(C)(C)C)c(O)cc2C)c1. The van der Waals surface area contributed by atoms with Crippen LogP contribution in [0.1, 0.15) is 63.8 Å². The minimum absolute atomic E-state index is 0.140. The van der Waals surface area contributed by atoms with E-state index in [4.69, 9.17) is 0 Å². The largest absolute Gasteiger partial charge is 0.508 e. The Morgan fingerprint density at radius 3 is 1.27 bits per heavy atom. The summed E-state index contributed by atoms with van der Waals surface area (Å²) in [5.74, 6) is 0.702. The quantitative estimate of drug-likeness (QED) is 0.462. The van der Waals surface area contributed by atoms with Gasteiger partial charge < -0.3 is 10.2 Å². The lowest BCUT2D eigenvalue weighted by molar-refractivity contribution is 0.445. The Morgan fingerprint density at radius 2 is 0.933 bits per heavy atom. The molecule has 0 unspecified atom stereocenters. The van der Waals surface area contributed by atoms with Crippen LogP contribution in [0.5, 0.6) is 11.5 Å². The summed E-state index contributed by atoms with van der Waals surface area (Å²) in [7, 11) is 0. The van der Waals surface area contributed by atoms with E-state index >= 15 is 0 Å². The van der Waals surface area contributed by atoms with E-state index in [1.165, 1.54) is 0 Å². The molecule has 0 aliphatic rings. The predicted octanol–water partition coefficient (Wildman–Crippen LogP) is 7.64. The fourth-order valence-corrected chi connectivity index (χ4v) is 4.06. The first kappa shape index (κ1) is 22.0. The van der Waals surface area contributed by atoms with Crippen molar-refractivity contribution in [3.63, 3.8) is 0 Å². The molecular formula is C28H34O2. The Bertz CT molecular complexity index is 1010. The highest BCUT2D eigenvalue weighted by Gasteiger charge is 2.22. The first-order valence-electron chi connectivity index (χ1n) is 10.6. The van der Waals surface area contributed by atoms with Gasteiger partial charge in [0.15, 0.2) is 0 Å². The van der Waals surface area contributed by atoms with E-state index in [1.807, 2.05) is 26.0 Å². The van der Waals surface area contributed by atoms with E-state index < -0.39 is 0 Å². The van der Waals surface area contributed by atoms with Crippen molar-refractivity contribution in [2.24, 2.45) is 0 Å². The maximum atomic E-state index is 10.5. The third-order valence-electron chi connectivity index (χ3n) is 5.79. The summed E-state index contributed by atoms with van der Waals surface area (Å²) >= 11 is 0. The molecule has 30 heavy (non-hydrogen) atoms. The summed E-state index contributed by atoms with van der Waals surface area (Å²) in [6.07, 6.45) is 0. The van der Waals surface area contributed by atoms with Crippen LogP contribution in [0.4, 0.5) is 0 Å². The summed E-state index contributed by atoms with van der Waals surface area (Å²) in [6, 6.07) is 16.5. The second kappa shape index (κ2) is 7.50. The number of aromatic hydroxyl groups is 2. The van der Waals surface area contributed by atoms with E-state index in [9.17, 15) is 10.2 Å². The van der Waals surface area contributed by atoms with Crippen LogP contribution in [-0.2, 0) is 10.8 Å². The van der Waals surface area contributed by atoms with E-state index in [0.29, 0.717) is 11.5 Å². The van der Waals surface area contributed by atoms with Gasteiger partial charge in [-0.1, -0.05) is 59.7 Å². The van der Waals surface area contributed by atoms with Crippen molar-refractivity contribution in [1.29, 1.82) is 0 Å². The molecular weight excluding hydrogens is 368 g/mol. The molecule has 0 aromatic heterocycles. The Balaban J connectivity index is 2.18. The Hall–Kier alpha value is -2.74. The second-order valence-electron chi connectivity index (χ2n) is 10.4. The van der Waals surface area contributed by atoms with Gasteiger partial charge in [0.25, 0.3) is 0 Å². The molecule has 0 saturated heterocycles. The van der Waals surface area contributed by atoms with Crippen molar-refractivity contribution < 1.29 is 10.2 Å². The maximum Gasteiger partial charge on any atom is 0.119 e. The van der Waals surface area contributed by atoms with Gasteiger partial charge in [0, 0.05) is 0 Å². The molecule has 3 rings (SSSR count). The topological polar surface area (TPSA) is 40.5 Å². The molecule has 0 aliphatic carbocycles. The zero-order valence-corrected chi connectivity index (χ0v) is 19.5. The Morgan fingerprint density at radius 1 is 0.567 bits per heavy atom. The fourth-order valence-electron chi connectivity index (χ4n) is 4.06. The van der Waals surface area contributed by atoms with Gasteiger partial charge in [0.05, 0.1) is 0 Å². The Kier molecular flexibility index (Phi) is 5.49. The highest BCUT2D eigenvalue weighted by molar-refractivity contribution is 5.78. The van der Waals surface area contributed by atoms with Crippen LogP contribution < -0.4 is 0 Å². The van der Waals surface area contributed by atoms with Crippen LogP contribution in [0.15, 0.2) is 48.5 Å². The van der Waals surface area contributed by atoms with E-state index in [0.717, 1.165) is 44.5 Å². The minimum atomic E-state index is -0.140. The van der Waals surface area contributed by atoms with Gasteiger partial charge >= 0.3 is 0 Å². The predicted molar refractivity (Wildman–Crippen MR) is 128 cm³/mol. The molecule has 0 saturated carbocycles. The third-order valence-corrected chi connectivity index (χ3v) is 5.79. The van der Waals surface area contributed by atoms with Crippen molar-refractivity contribution in [2.75, 3.05) is 0 Å². The summed E-state index contributed by atoms with van der Waals surface area (Å²) < 4.78 is 0. The van der Waals surface area contributed by atoms with Crippen LogP contribution in [0.3, 0.4) is 0 Å². The lowest BCUT2D eigenvalue weighted by Crippen LogP contribution is -2.12.